The van der Waals surface area contributed by atoms with Crippen LogP contribution in [0.2, 0.25) is 0 Å². The van der Waals surface area contributed by atoms with Gasteiger partial charge in [-0.15, -0.1) is 0 Å². The Hall–Kier alpha value is -2.78. The Balaban J connectivity index is 2.10. The molecule has 1 aromatic carbocycles. The van der Waals surface area contributed by atoms with Gasteiger partial charge in [0, 0.05) is 17.8 Å². The van der Waals surface area contributed by atoms with Crippen molar-refractivity contribution in [3.8, 4) is 11.8 Å². The van der Waals surface area contributed by atoms with Crippen LogP contribution in [0.5, 0.6) is 5.75 Å². The van der Waals surface area contributed by atoms with Crippen LogP contribution in [-0.4, -0.2) is 42.6 Å². The molecule has 0 spiro atoms. The van der Waals surface area contributed by atoms with Gasteiger partial charge >= 0.3 is 0 Å². The van der Waals surface area contributed by atoms with Gasteiger partial charge in [0.1, 0.15) is 35.8 Å². The van der Waals surface area contributed by atoms with E-state index in [9.17, 15) is 15.2 Å². The first-order valence-corrected chi connectivity index (χ1v) is 11.7. The fraction of sp³-hybridized carbons (Fsp3) is 0.577. The van der Waals surface area contributed by atoms with Gasteiger partial charge in [-0.25, -0.2) is 4.79 Å². The second-order valence-electron chi connectivity index (χ2n) is 8.72. The molecule has 0 bridgehead atoms. The Bertz CT molecular complexity index is 868. The maximum Gasteiger partial charge on any atom is 0.137 e. The lowest BCUT2D eigenvalue weighted by Crippen LogP contribution is -2.51. The maximum atomic E-state index is 11.0. The molecule has 1 aromatic rings. The fourth-order valence-corrected chi connectivity index (χ4v) is 3.70. The van der Waals surface area contributed by atoms with Crippen molar-refractivity contribution in [2.75, 3.05) is 19.8 Å². The van der Waals surface area contributed by atoms with Crippen LogP contribution >= 0.6 is 0 Å². The first-order chi connectivity index (χ1) is 15.9. The fourth-order valence-electron chi connectivity index (χ4n) is 3.70. The molecule has 0 aromatic heterocycles. The topological polar surface area (TPSA) is 101 Å². The Morgan fingerprint density at radius 2 is 2.03 bits per heavy atom. The lowest BCUT2D eigenvalue weighted by Gasteiger charge is -2.42. The molecule has 0 fully saturated rings. The molecule has 2 rings (SSSR count). The van der Waals surface area contributed by atoms with Gasteiger partial charge in [-0.2, -0.15) is 5.26 Å². The van der Waals surface area contributed by atoms with Crippen molar-refractivity contribution in [3.63, 3.8) is 0 Å². The summed E-state index contributed by atoms with van der Waals surface area (Å²) in [4.78, 5) is 10.4. The summed E-state index contributed by atoms with van der Waals surface area (Å²) >= 11 is 0. The normalized spacial score (nSPS) is 18.9. The van der Waals surface area contributed by atoms with Gasteiger partial charge in [0.25, 0.3) is 0 Å². The van der Waals surface area contributed by atoms with Crippen molar-refractivity contribution >= 4 is 5.94 Å². The third-order valence-corrected chi connectivity index (χ3v) is 5.61. The van der Waals surface area contributed by atoms with E-state index in [0.29, 0.717) is 29.2 Å². The summed E-state index contributed by atoms with van der Waals surface area (Å²) in [5.74, 6) is 2.88. The van der Waals surface area contributed by atoms with Gasteiger partial charge in [0.05, 0.1) is 30.9 Å². The number of fused-ring (bicyclic) bond motifs is 1. The molecule has 0 aliphatic carbocycles. The van der Waals surface area contributed by atoms with E-state index in [1.807, 2.05) is 13.8 Å². The maximum absolute atomic E-state index is 11.0. The van der Waals surface area contributed by atoms with Crippen molar-refractivity contribution in [2.45, 2.75) is 77.0 Å². The van der Waals surface area contributed by atoms with Gasteiger partial charge in [0.15, 0.2) is 0 Å². The zero-order valence-electron chi connectivity index (χ0n) is 19.9. The summed E-state index contributed by atoms with van der Waals surface area (Å²) in [6, 6.07) is 6.81. The number of carbonyl (C=O) groups excluding carboxylic acids is 1. The number of nitrogens with one attached hydrogen (secondary N) is 1. The highest BCUT2D eigenvalue weighted by Crippen LogP contribution is 2.40. The Kier molecular flexibility index (Phi) is 11.0. The molecule has 7 nitrogen and oxygen atoms in total. The molecule has 2 atom stereocenters. The van der Waals surface area contributed by atoms with E-state index in [1.165, 1.54) is 31.8 Å². The molecule has 0 saturated heterocycles. The van der Waals surface area contributed by atoms with E-state index in [0.717, 1.165) is 12.8 Å². The average Bonchev–Trinajstić information content (AvgIpc) is 2.80. The number of nitriles is 1. The highest BCUT2D eigenvalue weighted by atomic mass is 16.5. The van der Waals surface area contributed by atoms with Crippen LogP contribution in [0, 0.1) is 11.3 Å². The van der Waals surface area contributed by atoms with E-state index in [4.69, 9.17) is 14.2 Å². The number of ether oxygens (including phenoxy) is 3. The molecule has 0 radical (unpaired) electrons. The minimum absolute atomic E-state index is 0.141. The minimum atomic E-state index is -0.867. The molecule has 0 amide bonds. The number of rotatable bonds is 14. The molecule has 33 heavy (non-hydrogen) atoms. The van der Waals surface area contributed by atoms with Crippen molar-refractivity contribution in [1.29, 1.82) is 5.26 Å². The zero-order chi connectivity index (χ0) is 24.1. The number of hydrogen-bond acceptors (Lipinski definition) is 7. The highest BCUT2D eigenvalue weighted by molar-refractivity contribution is 5.46. The van der Waals surface area contributed by atoms with Crippen LogP contribution in [-0.2, 0) is 14.3 Å². The quantitative estimate of drug-likeness (QED) is 0.244. The predicted molar refractivity (Wildman–Crippen MR) is 126 cm³/mol. The molecule has 1 heterocycles. The monoisotopic (exact) mass is 456 g/mol. The minimum Gasteiger partial charge on any atom is -0.494 e. The Morgan fingerprint density at radius 3 is 2.76 bits per heavy atom. The van der Waals surface area contributed by atoms with Crippen LogP contribution in [0.3, 0.4) is 0 Å². The van der Waals surface area contributed by atoms with Gasteiger partial charge < -0.3 is 24.6 Å². The Morgan fingerprint density at radius 1 is 1.27 bits per heavy atom. The molecule has 0 unspecified atom stereocenters. The van der Waals surface area contributed by atoms with Crippen LogP contribution in [0.4, 0.5) is 0 Å². The van der Waals surface area contributed by atoms with Gasteiger partial charge in [-0.3, -0.25) is 0 Å². The third kappa shape index (κ3) is 8.25. The van der Waals surface area contributed by atoms with E-state index in [2.05, 4.69) is 18.3 Å². The van der Waals surface area contributed by atoms with Crippen LogP contribution in [0.1, 0.15) is 76.5 Å². The standard InChI is InChI=1S/C26H36N2O5/c1-4-5-6-7-8-9-15-32-21(19-31-14-10-13-29)18-28-24-22-16-20(17-27)11-12-23(22)33-26(2,3)25(24)30/h10-12,16,18,24-25,28,30H,4-9,14-15,19H2,1-3H3/b21-18+/t24-,25+/m1/s1. The van der Waals surface area contributed by atoms with E-state index >= 15 is 0 Å². The molecule has 7 heteroatoms. The summed E-state index contributed by atoms with van der Waals surface area (Å²) in [6.07, 6.45) is 9.04. The largest absolute Gasteiger partial charge is 0.494 e. The first kappa shape index (κ1) is 26.5. The lowest BCUT2D eigenvalue weighted by molar-refractivity contribution is -0.0623. The van der Waals surface area contributed by atoms with Crippen LogP contribution in [0.25, 0.3) is 0 Å². The summed E-state index contributed by atoms with van der Waals surface area (Å²) in [5.41, 5.74) is 0.373. The summed E-state index contributed by atoms with van der Waals surface area (Å²) in [6.45, 7) is 6.72. The molecule has 2 N–H and O–H groups in total. The van der Waals surface area contributed by atoms with Crippen LogP contribution < -0.4 is 10.1 Å². The summed E-state index contributed by atoms with van der Waals surface area (Å²) in [5, 5.41) is 23.5. The molecular formula is C26H36N2O5. The van der Waals surface area contributed by atoms with Crippen LogP contribution in [0.15, 0.2) is 36.2 Å². The summed E-state index contributed by atoms with van der Waals surface area (Å²) in [7, 11) is 0. The third-order valence-electron chi connectivity index (χ3n) is 5.61. The first-order valence-electron chi connectivity index (χ1n) is 11.7. The van der Waals surface area contributed by atoms with Crippen molar-refractivity contribution < 1.29 is 24.1 Å². The second-order valence-corrected chi connectivity index (χ2v) is 8.72. The Labute approximate surface area is 197 Å². The van der Waals surface area contributed by atoms with Gasteiger partial charge in [0.2, 0.25) is 0 Å². The molecule has 1 aliphatic heterocycles. The predicted octanol–water partition coefficient (Wildman–Crippen LogP) is 4.34. The van der Waals surface area contributed by atoms with E-state index in [1.54, 1.807) is 30.3 Å². The smallest absolute Gasteiger partial charge is 0.137 e. The number of hydrogen-bond donors (Lipinski definition) is 2. The SMILES string of the molecule is CCCCCCCCO/C(=C/N[C@@H]1c2cc(C#N)ccc2OC(C)(C)[C@H]1O)COCC=C=O. The van der Waals surface area contributed by atoms with E-state index in [-0.39, 0.29) is 13.2 Å². The van der Waals surface area contributed by atoms with Crippen molar-refractivity contribution in [2.24, 2.45) is 0 Å². The van der Waals surface area contributed by atoms with Crippen molar-refractivity contribution in [1.82, 2.24) is 5.32 Å². The number of benzene rings is 1. The number of aliphatic hydroxyl groups excluding tert-OH is 1. The zero-order valence-corrected chi connectivity index (χ0v) is 19.9. The number of nitrogens with zero attached hydrogens (tertiary/aromatic N) is 1. The van der Waals surface area contributed by atoms with E-state index < -0.39 is 17.7 Å². The number of unbranched alkanes of at least 4 members (excludes halogenated alkanes) is 5. The number of aliphatic hydroxyl groups is 1. The highest BCUT2D eigenvalue weighted by Gasteiger charge is 2.42. The molecule has 180 valence electrons. The summed E-state index contributed by atoms with van der Waals surface area (Å²) < 4.78 is 17.4. The van der Waals surface area contributed by atoms with Gasteiger partial charge in [-0.05, 0) is 38.5 Å². The lowest BCUT2D eigenvalue weighted by atomic mass is 9.86. The van der Waals surface area contributed by atoms with Crippen molar-refractivity contribution in [3.05, 3.63) is 47.4 Å². The molecule has 1 aliphatic rings. The molecular weight excluding hydrogens is 420 g/mol. The second kappa shape index (κ2) is 13.7. The molecule has 0 saturated carbocycles. The average molecular weight is 457 g/mol. The van der Waals surface area contributed by atoms with Gasteiger partial charge in [-0.1, -0.05) is 39.0 Å².